The monoisotopic (exact) mass is 639 g/mol. The van der Waals surface area contributed by atoms with Crippen molar-refractivity contribution in [3.05, 3.63) is 47.5 Å². The number of nitrogens with one attached hydrogen (secondary N) is 1. The summed E-state index contributed by atoms with van der Waals surface area (Å²) in [5, 5.41) is 49.4. The van der Waals surface area contributed by atoms with Gasteiger partial charge in [-0.2, -0.15) is 26.3 Å². The summed E-state index contributed by atoms with van der Waals surface area (Å²) in [6.45, 7) is 2.03. The van der Waals surface area contributed by atoms with E-state index in [0.717, 1.165) is 0 Å². The molecule has 0 saturated carbocycles. The van der Waals surface area contributed by atoms with Crippen molar-refractivity contribution in [3.63, 3.8) is 0 Å². The van der Waals surface area contributed by atoms with E-state index < -0.39 is 92.6 Å². The van der Waals surface area contributed by atoms with Crippen molar-refractivity contribution < 1.29 is 65.3 Å². The first-order chi connectivity index (χ1) is 19.8. The van der Waals surface area contributed by atoms with Crippen molar-refractivity contribution >= 4 is 53.5 Å². The van der Waals surface area contributed by atoms with Gasteiger partial charge in [0.1, 0.15) is 22.3 Å². The van der Waals surface area contributed by atoms with E-state index in [-0.39, 0.29) is 37.9 Å². The van der Waals surface area contributed by atoms with Gasteiger partial charge in [0, 0.05) is 6.54 Å². The van der Waals surface area contributed by atoms with E-state index in [4.69, 9.17) is 5.11 Å². The summed E-state index contributed by atoms with van der Waals surface area (Å²) in [7, 11) is -9.72. The Morgan fingerprint density at radius 1 is 0.860 bits per heavy atom. The van der Waals surface area contributed by atoms with Gasteiger partial charge >= 0.3 is 32.6 Å². The Bertz CT molecular complexity index is 1390. The second kappa shape index (κ2) is 14.3. The van der Waals surface area contributed by atoms with Crippen LogP contribution in [-0.4, -0.2) is 81.4 Å². The van der Waals surface area contributed by atoms with Crippen molar-refractivity contribution in [2.45, 2.75) is 47.4 Å². The highest BCUT2D eigenvalue weighted by molar-refractivity contribution is 7.93. The van der Waals surface area contributed by atoms with E-state index in [9.17, 15) is 60.2 Å². The zero-order valence-corrected chi connectivity index (χ0v) is 22.8. The fraction of sp³-hybridized carbons (Fsp3) is 0.348. The van der Waals surface area contributed by atoms with Gasteiger partial charge in [0.15, 0.2) is 0 Å². The van der Waals surface area contributed by atoms with Crippen LogP contribution in [0.15, 0.2) is 55.5 Å². The number of aliphatic imine (C=N–C) groups is 1. The van der Waals surface area contributed by atoms with Gasteiger partial charge in [-0.05, 0) is 61.2 Å². The molecule has 2 aromatic carbocycles. The third kappa shape index (κ3) is 9.78. The SMILES string of the molecule is C=N[C@@H](CCCCNC(=O)CN=S(=O)(c1cc(B(O)O)cc(C(F)(F)F)c1)c1cc(B(O)O)cc(C(F)(F)F)c1)C(=O)O. The van der Waals surface area contributed by atoms with Crippen LogP contribution in [0.5, 0.6) is 0 Å². The Kier molecular flexibility index (Phi) is 11.9. The number of alkyl halides is 6. The Hall–Kier alpha value is -3.45. The van der Waals surface area contributed by atoms with Gasteiger partial charge in [0.2, 0.25) is 5.91 Å². The van der Waals surface area contributed by atoms with E-state index in [0.29, 0.717) is 24.3 Å². The molecular formula is C23H25B2F6N3O8S. The van der Waals surface area contributed by atoms with Gasteiger partial charge in [0.25, 0.3) is 0 Å². The van der Waals surface area contributed by atoms with Crippen molar-refractivity contribution in [2.24, 2.45) is 9.36 Å². The van der Waals surface area contributed by atoms with Crippen LogP contribution in [0, 0.1) is 0 Å². The summed E-state index contributed by atoms with van der Waals surface area (Å²) in [5.41, 5.74) is -4.83. The molecule has 0 heterocycles. The third-order valence-electron chi connectivity index (χ3n) is 5.87. The number of rotatable bonds is 13. The average Bonchev–Trinajstić information content (AvgIpc) is 2.91. The predicted molar refractivity (Wildman–Crippen MR) is 142 cm³/mol. The summed E-state index contributed by atoms with van der Waals surface area (Å²) < 4.78 is 99.6. The molecule has 0 aliphatic rings. The summed E-state index contributed by atoms with van der Waals surface area (Å²) in [4.78, 5) is 24.9. The first-order valence-corrected chi connectivity index (χ1v) is 13.7. The van der Waals surface area contributed by atoms with Gasteiger partial charge in [-0.15, -0.1) is 0 Å². The molecular weight excluding hydrogens is 614 g/mol. The molecule has 11 nitrogen and oxygen atoms in total. The molecule has 43 heavy (non-hydrogen) atoms. The maximum atomic E-state index is 14.3. The zero-order chi connectivity index (χ0) is 32.8. The van der Waals surface area contributed by atoms with Crippen LogP contribution in [0.1, 0.15) is 30.4 Å². The number of nitrogens with zero attached hydrogens (tertiary/aromatic N) is 2. The van der Waals surface area contributed by atoms with Crippen LogP contribution >= 0.6 is 0 Å². The lowest BCUT2D eigenvalue weighted by molar-refractivity contribution is -0.139. The smallest absolute Gasteiger partial charge is 0.480 e. The number of unbranched alkanes of at least 4 members (excludes halogenated alkanes) is 1. The fourth-order valence-electron chi connectivity index (χ4n) is 3.66. The van der Waals surface area contributed by atoms with Crippen molar-refractivity contribution in [1.82, 2.24) is 5.32 Å². The summed E-state index contributed by atoms with van der Waals surface area (Å²) in [5.74, 6) is -2.17. The quantitative estimate of drug-likeness (QED) is 0.0787. The summed E-state index contributed by atoms with van der Waals surface area (Å²) in [6.07, 6.45) is -9.71. The highest BCUT2D eigenvalue weighted by atomic mass is 32.2. The van der Waals surface area contributed by atoms with E-state index in [2.05, 4.69) is 21.4 Å². The Morgan fingerprint density at radius 2 is 1.33 bits per heavy atom. The first kappa shape index (κ1) is 35.7. The molecule has 20 heteroatoms. The lowest BCUT2D eigenvalue weighted by Gasteiger charge is -2.18. The molecule has 234 valence electrons. The van der Waals surface area contributed by atoms with Crippen LogP contribution in [0.3, 0.4) is 0 Å². The van der Waals surface area contributed by atoms with Crippen molar-refractivity contribution in [3.8, 4) is 0 Å². The second-order valence-electron chi connectivity index (χ2n) is 9.02. The Labute approximate surface area is 241 Å². The molecule has 0 radical (unpaired) electrons. The van der Waals surface area contributed by atoms with E-state index in [1.54, 1.807) is 0 Å². The number of carbonyl (C=O) groups excluding carboxylic acids is 1. The Balaban J connectivity index is 2.61. The molecule has 0 aliphatic heterocycles. The van der Waals surface area contributed by atoms with Crippen LogP contribution < -0.4 is 16.2 Å². The molecule has 0 unspecified atom stereocenters. The topological polar surface area (TPSA) is 189 Å². The Morgan fingerprint density at radius 3 is 1.70 bits per heavy atom. The lowest BCUT2D eigenvalue weighted by atomic mass is 9.79. The van der Waals surface area contributed by atoms with Gasteiger partial charge in [-0.3, -0.25) is 9.79 Å². The molecule has 1 amide bonds. The summed E-state index contributed by atoms with van der Waals surface area (Å²) in [6, 6.07) is 1.20. The number of carbonyl (C=O) groups is 2. The first-order valence-electron chi connectivity index (χ1n) is 12.1. The molecule has 0 aromatic heterocycles. The average molecular weight is 639 g/mol. The fourth-order valence-corrected chi connectivity index (χ4v) is 5.70. The molecule has 0 aliphatic carbocycles. The largest absolute Gasteiger partial charge is 0.488 e. The second-order valence-corrected chi connectivity index (χ2v) is 11.3. The number of hydrogen-bond acceptors (Lipinski definition) is 9. The maximum Gasteiger partial charge on any atom is 0.488 e. The number of benzene rings is 2. The van der Waals surface area contributed by atoms with Crippen LogP contribution in [0.25, 0.3) is 0 Å². The lowest BCUT2D eigenvalue weighted by Crippen LogP contribution is -2.33. The van der Waals surface area contributed by atoms with E-state index in [1.165, 1.54) is 0 Å². The standard InChI is InChI=1S/C23H25B2F6N3O8S/c1-32-19(21(36)37)4-2-3-5-33-20(35)12-34-43(42,17-8-13(22(26,27)28)6-15(10-17)24(38)39)18-9-14(23(29,30)31)7-16(11-18)25(40)41/h6-11,19,38-41H,1-5,12H2,(H,33,35)(H,36,37)/t19-/m0/s1. The minimum absolute atomic E-state index is 0.0617. The molecule has 2 aromatic rings. The molecule has 0 spiro atoms. The highest BCUT2D eigenvalue weighted by Gasteiger charge is 2.36. The molecule has 0 saturated heterocycles. The number of carboxylic acids is 1. The van der Waals surface area contributed by atoms with Crippen LogP contribution in [0.4, 0.5) is 26.3 Å². The summed E-state index contributed by atoms with van der Waals surface area (Å²) >= 11 is 0. The van der Waals surface area contributed by atoms with E-state index in [1.807, 2.05) is 0 Å². The van der Waals surface area contributed by atoms with Gasteiger partial charge in [0.05, 0.1) is 20.9 Å². The number of amides is 1. The van der Waals surface area contributed by atoms with Crippen LogP contribution in [-0.2, 0) is 31.7 Å². The number of halogens is 6. The zero-order valence-electron chi connectivity index (χ0n) is 22.0. The van der Waals surface area contributed by atoms with Crippen molar-refractivity contribution in [1.29, 1.82) is 0 Å². The highest BCUT2D eigenvalue weighted by Crippen LogP contribution is 2.35. The molecule has 0 fully saturated rings. The minimum atomic E-state index is -5.15. The minimum Gasteiger partial charge on any atom is -0.480 e. The third-order valence-corrected chi connectivity index (χ3v) is 8.11. The molecule has 1 atom stereocenters. The van der Waals surface area contributed by atoms with E-state index >= 15 is 0 Å². The van der Waals surface area contributed by atoms with Gasteiger partial charge < -0.3 is 30.5 Å². The number of hydrogen-bond donors (Lipinski definition) is 6. The molecule has 6 N–H and O–H groups in total. The van der Waals surface area contributed by atoms with Gasteiger partial charge in [-0.1, -0.05) is 12.1 Å². The molecule has 0 bridgehead atoms. The van der Waals surface area contributed by atoms with Crippen molar-refractivity contribution in [2.75, 3.05) is 13.1 Å². The normalized spacial score (nSPS) is 12.8. The van der Waals surface area contributed by atoms with Crippen LogP contribution in [0.2, 0.25) is 0 Å². The predicted octanol–water partition coefficient (Wildman–Crippen LogP) is 0.410. The maximum absolute atomic E-state index is 14.3. The van der Waals surface area contributed by atoms with Gasteiger partial charge in [-0.25, -0.2) is 13.4 Å². The number of carboxylic acid groups (broad SMARTS) is 1. The molecule has 2 rings (SSSR count). The number of aliphatic carboxylic acids is 1.